The predicted octanol–water partition coefficient (Wildman–Crippen LogP) is 2.00. The summed E-state index contributed by atoms with van der Waals surface area (Å²) in [4.78, 5) is 26.1. The Morgan fingerprint density at radius 1 is 1.18 bits per heavy atom. The number of ether oxygens (including phenoxy) is 3. The first kappa shape index (κ1) is 19.6. The minimum Gasteiger partial charge on any atom is -0.497 e. The van der Waals surface area contributed by atoms with Crippen molar-refractivity contribution in [1.29, 1.82) is 0 Å². The molecule has 1 aliphatic heterocycles. The third kappa shape index (κ3) is 4.58. The molecule has 2 amide bonds. The van der Waals surface area contributed by atoms with Gasteiger partial charge < -0.3 is 24.4 Å². The summed E-state index contributed by atoms with van der Waals surface area (Å²) in [5, 5.41) is 2.79. The van der Waals surface area contributed by atoms with Crippen molar-refractivity contribution in [3.63, 3.8) is 0 Å². The Bertz CT molecular complexity index is 834. The molecule has 0 radical (unpaired) electrons. The van der Waals surface area contributed by atoms with Gasteiger partial charge in [0.2, 0.25) is 0 Å². The highest BCUT2D eigenvalue weighted by Gasteiger charge is 2.28. The first-order valence-electron chi connectivity index (χ1n) is 8.69. The summed E-state index contributed by atoms with van der Waals surface area (Å²) in [6, 6.07) is 10.6. The van der Waals surface area contributed by atoms with Crippen molar-refractivity contribution < 1.29 is 28.2 Å². The average Bonchev–Trinajstić information content (AvgIpc) is 2.73. The van der Waals surface area contributed by atoms with Crippen molar-refractivity contribution in [3.05, 3.63) is 53.8 Å². The van der Waals surface area contributed by atoms with Crippen LogP contribution in [0.15, 0.2) is 42.5 Å². The van der Waals surface area contributed by atoms with Crippen LogP contribution in [-0.4, -0.2) is 51.8 Å². The fraction of sp³-hybridized carbons (Fsp3) is 0.300. The van der Waals surface area contributed by atoms with E-state index in [2.05, 4.69) is 5.32 Å². The Morgan fingerprint density at radius 2 is 1.82 bits per heavy atom. The maximum atomic E-state index is 13.1. The van der Waals surface area contributed by atoms with Crippen molar-refractivity contribution in [2.45, 2.75) is 6.10 Å². The zero-order valence-electron chi connectivity index (χ0n) is 15.6. The van der Waals surface area contributed by atoms with E-state index in [1.807, 2.05) is 0 Å². The number of hydrogen-bond donors (Lipinski definition) is 1. The molecule has 0 aromatic heterocycles. The lowest BCUT2D eigenvalue weighted by molar-refractivity contribution is -0.129. The minimum atomic E-state index is -0.390. The van der Waals surface area contributed by atoms with Crippen molar-refractivity contribution in [2.75, 3.05) is 38.8 Å². The van der Waals surface area contributed by atoms with Crippen LogP contribution in [0.4, 0.5) is 10.1 Å². The van der Waals surface area contributed by atoms with Crippen LogP contribution in [0.1, 0.15) is 10.4 Å². The average molecular weight is 388 g/mol. The Hall–Kier alpha value is -3.13. The van der Waals surface area contributed by atoms with E-state index in [1.165, 1.54) is 43.4 Å². The number of nitrogens with one attached hydrogen (secondary N) is 1. The van der Waals surface area contributed by atoms with Crippen LogP contribution in [0.2, 0.25) is 0 Å². The van der Waals surface area contributed by atoms with E-state index in [4.69, 9.17) is 14.2 Å². The number of rotatable bonds is 6. The van der Waals surface area contributed by atoms with Gasteiger partial charge in [-0.3, -0.25) is 9.59 Å². The summed E-state index contributed by atoms with van der Waals surface area (Å²) in [7, 11) is 3.01. The fourth-order valence-corrected chi connectivity index (χ4v) is 2.87. The van der Waals surface area contributed by atoms with Gasteiger partial charge in [0.15, 0.2) is 0 Å². The Kier molecular flexibility index (Phi) is 6.10. The lowest BCUT2D eigenvalue weighted by Crippen LogP contribution is -2.50. The van der Waals surface area contributed by atoms with Gasteiger partial charge in [0.1, 0.15) is 23.9 Å². The Labute approximate surface area is 162 Å². The molecule has 1 heterocycles. The number of carbonyl (C=O) groups is 2. The minimum absolute atomic E-state index is 0.106. The quantitative estimate of drug-likeness (QED) is 0.819. The van der Waals surface area contributed by atoms with Gasteiger partial charge in [-0.1, -0.05) is 0 Å². The van der Waals surface area contributed by atoms with Gasteiger partial charge in [-0.05, 0) is 36.4 Å². The number of hydrogen-bond acceptors (Lipinski definition) is 5. The number of benzene rings is 2. The second-order valence-corrected chi connectivity index (χ2v) is 6.23. The molecule has 1 saturated heterocycles. The number of amides is 2. The summed E-state index contributed by atoms with van der Waals surface area (Å²) >= 11 is 0. The predicted molar refractivity (Wildman–Crippen MR) is 100 cm³/mol. The standard InChI is InChI=1S/C20H21FN2O5/c1-26-16-7-13(8-17(9-16)27-2)20(25)22-10-18-11-23(19(24)12-28-18)15-5-3-14(21)4-6-15/h3-9,18H,10-12H2,1-2H3,(H,22,25). The Balaban J connectivity index is 1.63. The van der Waals surface area contributed by atoms with Crippen LogP contribution in [0, 0.1) is 5.82 Å². The van der Waals surface area contributed by atoms with Gasteiger partial charge in [-0.2, -0.15) is 0 Å². The molecule has 0 spiro atoms. The number of methoxy groups -OCH3 is 2. The molecule has 1 aliphatic rings. The van der Waals surface area contributed by atoms with Crippen LogP contribution in [0.25, 0.3) is 0 Å². The number of halogens is 1. The van der Waals surface area contributed by atoms with E-state index in [0.29, 0.717) is 22.7 Å². The van der Waals surface area contributed by atoms with Gasteiger partial charge in [-0.25, -0.2) is 4.39 Å². The monoisotopic (exact) mass is 388 g/mol. The van der Waals surface area contributed by atoms with Gasteiger partial charge in [0.25, 0.3) is 11.8 Å². The second-order valence-electron chi connectivity index (χ2n) is 6.23. The second kappa shape index (κ2) is 8.71. The van der Waals surface area contributed by atoms with Crippen LogP contribution in [0.5, 0.6) is 11.5 Å². The maximum Gasteiger partial charge on any atom is 0.253 e. The van der Waals surface area contributed by atoms with E-state index < -0.39 is 0 Å². The van der Waals surface area contributed by atoms with Crippen molar-refractivity contribution in [3.8, 4) is 11.5 Å². The largest absolute Gasteiger partial charge is 0.497 e. The van der Waals surface area contributed by atoms with Crippen LogP contribution in [-0.2, 0) is 9.53 Å². The molecular weight excluding hydrogens is 367 g/mol. The van der Waals surface area contributed by atoms with E-state index in [1.54, 1.807) is 18.2 Å². The molecule has 0 bridgehead atoms. The SMILES string of the molecule is COc1cc(OC)cc(C(=O)NCC2CN(c3ccc(F)cc3)C(=O)CO2)c1. The molecule has 7 nitrogen and oxygen atoms in total. The van der Waals surface area contributed by atoms with Crippen LogP contribution in [0.3, 0.4) is 0 Å². The summed E-state index contributed by atoms with van der Waals surface area (Å²) in [6.07, 6.45) is -0.390. The van der Waals surface area contributed by atoms with Crippen LogP contribution < -0.4 is 19.7 Å². The molecule has 2 aromatic rings. The highest BCUT2D eigenvalue weighted by Crippen LogP contribution is 2.23. The fourth-order valence-electron chi connectivity index (χ4n) is 2.87. The van der Waals surface area contributed by atoms with Crippen molar-refractivity contribution >= 4 is 17.5 Å². The summed E-state index contributed by atoms with van der Waals surface area (Å²) in [5.41, 5.74) is 0.974. The highest BCUT2D eigenvalue weighted by atomic mass is 19.1. The molecule has 8 heteroatoms. The van der Waals surface area contributed by atoms with E-state index >= 15 is 0 Å². The van der Waals surface area contributed by atoms with Crippen molar-refractivity contribution in [2.24, 2.45) is 0 Å². The first-order chi connectivity index (χ1) is 13.5. The van der Waals surface area contributed by atoms with E-state index in [0.717, 1.165) is 0 Å². The van der Waals surface area contributed by atoms with Crippen molar-refractivity contribution in [1.82, 2.24) is 5.32 Å². The molecule has 0 aliphatic carbocycles. The third-order valence-electron chi connectivity index (χ3n) is 4.37. The lowest BCUT2D eigenvalue weighted by Gasteiger charge is -2.32. The molecule has 1 atom stereocenters. The van der Waals surface area contributed by atoms with Gasteiger partial charge in [-0.15, -0.1) is 0 Å². The summed E-state index contributed by atoms with van der Waals surface area (Å²) < 4.78 is 29.0. The zero-order chi connectivity index (χ0) is 20.1. The van der Waals surface area contributed by atoms with Gasteiger partial charge in [0, 0.05) is 23.9 Å². The van der Waals surface area contributed by atoms with Gasteiger partial charge in [0.05, 0.1) is 26.9 Å². The summed E-state index contributed by atoms with van der Waals surface area (Å²) in [5.74, 6) is 0.109. The lowest BCUT2D eigenvalue weighted by atomic mass is 10.1. The number of nitrogens with zero attached hydrogens (tertiary/aromatic N) is 1. The molecule has 0 saturated carbocycles. The first-order valence-corrected chi connectivity index (χ1v) is 8.69. The highest BCUT2D eigenvalue weighted by molar-refractivity contribution is 5.96. The number of carbonyl (C=O) groups excluding carboxylic acids is 2. The zero-order valence-corrected chi connectivity index (χ0v) is 15.6. The molecule has 3 rings (SSSR count). The molecule has 1 fully saturated rings. The third-order valence-corrected chi connectivity index (χ3v) is 4.37. The summed E-state index contributed by atoms with van der Waals surface area (Å²) in [6.45, 7) is 0.362. The molecule has 148 valence electrons. The maximum absolute atomic E-state index is 13.1. The van der Waals surface area contributed by atoms with Gasteiger partial charge >= 0.3 is 0 Å². The molecular formula is C20H21FN2O5. The van der Waals surface area contributed by atoms with E-state index in [9.17, 15) is 14.0 Å². The molecule has 28 heavy (non-hydrogen) atoms. The van der Waals surface area contributed by atoms with E-state index in [-0.39, 0.29) is 43.4 Å². The number of anilines is 1. The molecule has 1 N–H and O–H groups in total. The smallest absolute Gasteiger partial charge is 0.253 e. The van der Waals surface area contributed by atoms with Crippen LogP contribution >= 0.6 is 0 Å². The Morgan fingerprint density at radius 3 is 2.43 bits per heavy atom. The molecule has 2 aromatic carbocycles. The molecule has 1 unspecified atom stereocenters. The normalized spacial score (nSPS) is 16.6. The number of morpholine rings is 1. The topological polar surface area (TPSA) is 77.1 Å².